The summed E-state index contributed by atoms with van der Waals surface area (Å²) < 4.78 is 15.9. The first kappa shape index (κ1) is 16.4. The minimum absolute atomic E-state index is 0.142. The van der Waals surface area contributed by atoms with Gasteiger partial charge in [-0.1, -0.05) is 0 Å². The fourth-order valence-corrected chi connectivity index (χ4v) is 0.958. The molecule has 0 aromatic heterocycles. The normalized spacial score (nSPS) is 13.6. The predicted octanol–water partition coefficient (Wildman–Crippen LogP) is 1.56. The lowest BCUT2D eigenvalue weighted by Crippen LogP contribution is -2.22. The molecular weight excluding hydrogens is 224 g/mol. The summed E-state index contributed by atoms with van der Waals surface area (Å²) in [5, 5.41) is 8.60. The summed E-state index contributed by atoms with van der Waals surface area (Å²) in [4.78, 5) is 10.5. The van der Waals surface area contributed by atoms with Crippen LogP contribution in [0.15, 0.2) is 0 Å². The second-order valence-corrected chi connectivity index (χ2v) is 4.89. The molecule has 5 heteroatoms. The van der Waals surface area contributed by atoms with Crippen molar-refractivity contribution in [2.45, 2.75) is 33.3 Å². The zero-order chi connectivity index (χ0) is 13.3. The largest absolute Gasteiger partial charge is 0.481 e. The molecule has 1 atom stereocenters. The van der Waals surface area contributed by atoms with Gasteiger partial charge in [0, 0.05) is 0 Å². The quantitative estimate of drug-likeness (QED) is 0.627. The second kappa shape index (κ2) is 8.44. The highest BCUT2D eigenvalue weighted by Crippen LogP contribution is 2.05. The molecule has 17 heavy (non-hydrogen) atoms. The molecular formula is C12H24O5. The van der Waals surface area contributed by atoms with Gasteiger partial charge in [-0.15, -0.1) is 0 Å². The fraction of sp³-hybridized carbons (Fsp3) is 0.917. The van der Waals surface area contributed by atoms with E-state index in [2.05, 4.69) is 0 Å². The predicted molar refractivity (Wildman–Crippen MR) is 64.1 cm³/mol. The van der Waals surface area contributed by atoms with Crippen LogP contribution in [-0.4, -0.2) is 49.7 Å². The van der Waals surface area contributed by atoms with E-state index in [1.165, 1.54) is 0 Å². The van der Waals surface area contributed by atoms with Gasteiger partial charge in [0.25, 0.3) is 0 Å². The van der Waals surface area contributed by atoms with Crippen molar-refractivity contribution in [1.82, 2.24) is 0 Å². The second-order valence-electron chi connectivity index (χ2n) is 4.89. The van der Waals surface area contributed by atoms with Gasteiger partial charge in [-0.05, 0) is 27.7 Å². The number of carbonyl (C=O) groups is 1. The van der Waals surface area contributed by atoms with Crippen LogP contribution >= 0.6 is 0 Å². The Morgan fingerprint density at radius 1 is 1.12 bits per heavy atom. The summed E-state index contributed by atoms with van der Waals surface area (Å²) in [5.74, 6) is -1.32. The Kier molecular flexibility index (Phi) is 8.12. The van der Waals surface area contributed by atoms with Crippen molar-refractivity contribution < 1.29 is 24.1 Å². The summed E-state index contributed by atoms with van der Waals surface area (Å²) in [7, 11) is 0. The third-order valence-electron chi connectivity index (χ3n) is 1.92. The Morgan fingerprint density at radius 3 is 2.18 bits per heavy atom. The molecule has 0 aliphatic carbocycles. The van der Waals surface area contributed by atoms with Crippen LogP contribution in [0.4, 0.5) is 0 Å². The minimum Gasteiger partial charge on any atom is -0.481 e. The van der Waals surface area contributed by atoms with E-state index < -0.39 is 11.9 Å². The SMILES string of the molecule is CC(COCCOCCOC(C)(C)C)C(=O)O. The number of rotatable bonds is 9. The third-order valence-corrected chi connectivity index (χ3v) is 1.92. The Labute approximate surface area is 103 Å². The first-order valence-corrected chi connectivity index (χ1v) is 5.85. The van der Waals surface area contributed by atoms with Crippen LogP contribution in [0.25, 0.3) is 0 Å². The van der Waals surface area contributed by atoms with Gasteiger partial charge in [0.15, 0.2) is 0 Å². The molecule has 0 fully saturated rings. The lowest BCUT2D eigenvalue weighted by atomic mass is 10.2. The molecule has 0 saturated carbocycles. The van der Waals surface area contributed by atoms with Crippen molar-refractivity contribution in [3.8, 4) is 0 Å². The van der Waals surface area contributed by atoms with Crippen molar-refractivity contribution in [2.24, 2.45) is 5.92 Å². The van der Waals surface area contributed by atoms with Crippen molar-refractivity contribution in [2.75, 3.05) is 33.0 Å². The molecule has 0 rings (SSSR count). The molecule has 0 aromatic carbocycles. The van der Waals surface area contributed by atoms with Crippen molar-refractivity contribution in [1.29, 1.82) is 0 Å². The van der Waals surface area contributed by atoms with Gasteiger partial charge in [0.2, 0.25) is 0 Å². The topological polar surface area (TPSA) is 65.0 Å². The van der Waals surface area contributed by atoms with E-state index in [0.717, 1.165) is 0 Å². The van der Waals surface area contributed by atoms with E-state index in [0.29, 0.717) is 26.4 Å². The lowest BCUT2D eigenvalue weighted by Gasteiger charge is -2.19. The smallest absolute Gasteiger partial charge is 0.308 e. The average Bonchev–Trinajstić information content (AvgIpc) is 2.19. The summed E-state index contributed by atoms with van der Waals surface area (Å²) in [6.45, 7) is 9.74. The highest BCUT2D eigenvalue weighted by atomic mass is 16.5. The first-order valence-electron chi connectivity index (χ1n) is 5.85. The van der Waals surface area contributed by atoms with Gasteiger partial charge < -0.3 is 19.3 Å². The Morgan fingerprint density at radius 2 is 1.65 bits per heavy atom. The van der Waals surface area contributed by atoms with Crippen LogP contribution < -0.4 is 0 Å². The van der Waals surface area contributed by atoms with E-state index in [1.54, 1.807) is 6.92 Å². The fourth-order valence-electron chi connectivity index (χ4n) is 0.958. The van der Waals surface area contributed by atoms with Gasteiger partial charge in [-0.25, -0.2) is 0 Å². The van der Waals surface area contributed by atoms with Crippen molar-refractivity contribution in [3.05, 3.63) is 0 Å². The number of carboxylic acids is 1. The van der Waals surface area contributed by atoms with Crippen LogP contribution in [-0.2, 0) is 19.0 Å². The summed E-state index contributed by atoms with van der Waals surface area (Å²) in [6, 6.07) is 0. The van der Waals surface area contributed by atoms with Crippen LogP contribution in [0.2, 0.25) is 0 Å². The van der Waals surface area contributed by atoms with Gasteiger partial charge in [0.1, 0.15) is 0 Å². The maximum Gasteiger partial charge on any atom is 0.308 e. The molecule has 0 amide bonds. The number of carboxylic acid groups (broad SMARTS) is 1. The van der Waals surface area contributed by atoms with Crippen molar-refractivity contribution >= 4 is 5.97 Å². The van der Waals surface area contributed by atoms with Gasteiger partial charge in [0.05, 0.1) is 44.6 Å². The van der Waals surface area contributed by atoms with E-state index in [4.69, 9.17) is 19.3 Å². The Hall–Kier alpha value is -0.650. The van der Waals surface area contributed by atoms with E-state index in [9.17, 15) is 4.79 Å². The molecule has 102 valence electrons. The standard InChI is InChI=1S/C12H24O5/c1-10(11(13)14)9-16-6-5-15-7-8-17-12(2,3)4/h10H,5-9H2,1-4H3,(H,13,14). The number of aliphatic carboxylic acids is 1. The van der Waals surface area contributed by atoms with Crippen LogP contribution in [0.3, 0.4) is 0 Å². The van der Waals surface area contributed by atoms with Crippen LogP contribution in [0.5, 0.6) is 0 Å². The molecule has 0 bridgehead atoms. The van der Waals surface area contributed by atoms with Crippen LogP contribution in [0, 0.1) is 5.92 Å². The molecule has 0 aromatic rings. The molecule has 1 N–H and O–H groups in total. The van der Waals surface area contributed by atoms with E-state index >= 15 is 0 Å². The molecule has 0 aliphatic rings. The van der Waals surface area contributed by atoms with Crippen LogP contribution in [0.1, 0.15) is 27.7 Å². The molecule has 0 saturated heterocycles. The van der Waals surface area contributed by atoms with Gasteiger partial charge in [-0.2, -0.15) is 0 Å². The number of ether oxygens (including phenoxy) is 3. The zero-order valence-corrected chi connectivity index (χ0v) is 11.2. The minimum atomic E-state index is -0.843. The highest BCUT2D eigenvalue weighted by molar-refractivity contribution is 5.69. The molecule has 0 heterocycles. The Balaban J connectivity index is 3.22. The molecule has 0 radical (unpaired) electrons. The summed E-state index contributed by atoms with van der Waals surface area (Å²) >= 11 is 0. The zero-order valence-electron chi connectivity index (χ0n) is 11.2. The van der Waals surface area contributed by atoms with Crippen molar-refractivity contribution in [3.63, 3.8) is 0 Å². The van der Waals surface area contributed by atoms with E-state index in [-0.39, 0.29) is 12.2 Å². The van der Waals surface area contributed by atoms with Gasteiger partial charge in [-0.3, -0.25) is 4.79 Å². The monoisotopic (exact) mass is 248 g/mol. The maximum absolute atomic E-state index is 10.5. The summed E-state index contributed by atoms with van der Waals surface area (Å²) in [5.41, 5.74) is -0.142. The molecule has 0 aliphatic heterocycles. The van der Waals surface area contributed by atoms with Gasteiger partial charge >= 0.3 is 5.97 Å². The number of hydrogen-bond acceptors (Lipinski definition) is 4. The first-order chi connectivity index (χ1) is 7.83. The lowest BCUT2D eigenvalue weighted by molar-refractivity contribution is -0.143. The summed E-state index contributed by atoms with van der Waals surface area (Å²) in [6.07, 6.45) is 0. The average molecular weight is 248 g/mol. The Bertz CT molecular complexity index is 209. The molecule has 0 spiro atoms. The molecule has 1 unspecified atom stereocenters. The molecule has 5 nitrogen and oxygen atoms in total. The number of hydrogen-bond donors (Lipinski definition) is 1. The van der Waals surface area contributed by atoms with E-state index in [1.807, 2.05) is 20.8 Å². The highest BCUT2D eigenvalue weighted by Gasteiger charge is 2.10. The third kappa shape index (κ3) is 11.6. The maximum atomic E-state index is 10.5.